The summed E-state index contributed by atoms with van der Waals surface area (Å²) in [6.45, 7) is 8.28. The maximum absolute atomic E-state index is 12.8. The van der Waals surface area contributed by atoms with Crippen molar-refractivity contribution in [3.05, 3.63) is 55.7 Å². The molecule has 9 heteroatoms. The van der Waals surface area contributed by atoms with Crippen LogP contribution in [0.1, 0.15) is 71.3 Å². The summed E-state index contributed by atoms with van der Waals surface area (Å²) < 4.78 is 6.24. The third kappa shape index (κ3) is 8.82. The molecule has 6 nitrogen and oxygen atoms in total. The second-order valence-corrected chi connectivity index (χ2v) is 12.3. The first kappa shape index (κ1) is 30.7. The maximum Gasteiger partial charge on any atom is 0.306 e. The van der Waals surface area contributed by atoms with Crippen LogP contribution in [0, 0.1) is 0 Å². The molecule has 0 bridgehead atoms. The van der Waals surface area contributed by atoms with E-state index in [1.807, 2.05) is 32.9 Å². The molecule has 1 aliphatic heterocycles. The molecule has 1 aliphatic rings. The molecule has 1 aromatic heterocycles. The lowest BCUT2D eigenvalue weighted by Crippen LogP contribution is -3.00. The third-order valence-corrected chi connectivity index (χ3v) is 7.73. The number of likely N-dealkylation sites (N-methyl/N-ethyl adjacent to an activating group) is 1. The molecule has 0 fully saturated rings. The van der Waals surface area contributed by atoms with Crippen molar-refractivity contribution < 1.29 is 47.6 Å². The van der Waals surface area contributed by atoms with Gasteiger partial charge < -0.3 is 38.9 Å². The highest BCUT2D eigenvalue weighted by Crippen LogP contribution is 2.36. The molecule has 1 amide bonds. The second kappa shape index (κ2) is 12.8. The molecule has 36 heavy (non-hydrogen) atoms. The van der Waals surface area contributed by atoms with Crippen molar-refractivity contribution in [3.8, 4) is 0 Å². The molecule has 1 unspecified atom stereocenters. The van der Waals surface area contributed by atoms with Crippen LogP contribution in [0.3, 0.4) is 0 Å². The molecule has 2 heterocycles. The molecule has 0 aliphatic carbocycles. The van der Waals surface area contributed by atoms with E-state index in [4.69, 9.17) is 22.1 Å². The first-order valence-electron chi connectivity index (χ1n) is 12.1. The SMILES string of the molecule is CC(C)(C)OC(=O)CCCC[N+]1(C)CCc2c(sc(CC(=O)Cc3ccc(Cl)cc3)c2C(N)=O)C1.[I-]. The number of hydrogen-bond acceptors (Lipinski definition) is 5. The fourth-order valence-electron chi connectivity index (χ4n) is 4.60. The van der Waals surface area contributed by atoms with Crippen molar-refractivity contribution in [3.63, 3.8) is 0 Å². The lowest BCUT2D eigenvalue weighted by atomic mass is 9.97. The Labute approximate surface area is 240 Å². The lowest BCUT2D eigenvalue weighted by molar-refractivity contribution is -0.924. The van der Waals surface area contributed by atoms with E-state index >= 15 is 0 Å². The second-order valence-electron chi connectivity index (χ2n) is 10.7. The zero-order valence-electron chi connectivity index (χ0n) is 21.5. The van der Waals surface area contributed by atoms with Gasteiger partial charge in [-0.3, -0.25) is 14.4 Å². The molecule has 0 radical (unpaired) electrons. The van der Waals surface area contributed by atoms with Gasteiger partial charge in [-0.15, -0.1) is 11.3 Å². The zero-order chi connectivity index (χ0) is 25.8. The number of quaternary nitrogens is 1. The van der Waals surface area contributed by atoms with Gasteiger partial charge in [0.25, 0.3) is 0 Å². The van der Waals surface area contributed by atoms with E-state index in [2.05, 4.69) is 7.05 Å². The van der Waals surface area contributed by atoms with Crippen molar-refractivity contribution in [2.24, 2.45) is 5.73 Å². The highest BCUT2D eigenvalue weighted by Gasteiger charge is 2.34. The molecule has 0 saturated carbocycles. The number of thiophene rings is 1. The molecule has 2 N–H and O–H groups in total. The van der Waals surface area contributed by atoms with Crippen LogP contribution in [-0.4, -0.2) is 47.9 Å². The summed E-state index contributed by atoms with van der Waals surface area (Å²) >= 11 is 7.49. The number of hydrogen-bond donors (Lipinski definition) is 1. The summed E-state index contributed by atoms with van der Waals surface area (Å²) in [5.41, 5.74) is 7.77. The Balaban J connectivity index is 0.00000456. The first-order valence-corrected chi connectivity index (χ1v) is 13.3. The maximum atomic E-state index is 12.8. The number of fused-ring (bicyclic) bond motifs is 1. The fourth-order valence-corrected chi connectivity index (χ4v) is 6.28. The molecular formula is C27H36ClIN2O4S. The summed E-state index contributed by atoms with van der Waals surface area (Å²) in [4.78, 5) is 39.0. The number of carbonyl (C=O) groups is 3. The van der Waals surface area contributed by atoms with Crippen molar-refractivity contribution in [2.45, 2.75) is 71.4 Å². The van der Waals surface area contributed by atoms with E-state index in [0.717, 1.165) is 64.3 Å². The zero-order valence-corrected chi connectivity index (χ0v) is 25.2. The van der Waals surface area contributed by atoms with Gasteiger partial charge in [-0.2, -0.15) is 0 Å². The third-order valence-electron chi connectivity index (χ3n) is 6.26. The quantitative estimate of drug-likeness (QED) is 0.185. The van der Waals surface area contributed by atoms with Gasteiger partial charge >= 0.3 is 5.97 Å². The Morgan fingerprint density at radius 2 is 1.78 bits per heavy atom. The molecule has 198 valence electrons. The lowest BCUT2D eigenvalue weighted by Gasteiger charge is -2.37. The van der Waals surface area contributed by atoms with E-state index in [9.17, 15) is 14.4 Å². The number of rotatable bonds is 10. The summed E-state index contributed by atoms with van der Waals surface area (Å²) in [6, 6.07) is 7.24. The van der Waals surface area contributed by atoms with Crippen LogP contribution in [0.15, 0.2) is 24.3 Å². The Kier molecular flexibility index (Phi) is 11.0. The van der Waals surface area contributed by atoms with E-state index in [1.165, 1.54) is 0 Å². The molecular weight excluding hydrogens is 611 g/mol. The average molecular weight is 647 g/mol. The minimum atomic E-state index is -0.454. The van der Waals surface area contributed by atoms with Crippen molar-refractivity contribution in [2.75, 3.05) is 20.1 Å². The number of amides is 1. The molecule has 1 atom stereocenters. The summed E-state index contributed by atoms with van der Waals surface area (Å²) in [5, 5.41) is 0.633. The van der Waals surface area contributed by atoms with Crippen LogP contribution in [0.4, 0.5) is 0 Å². The largest absolute Gasteiger partial charge is 1.00 e. The van der Waals surface area contributed by atoms with E-state index < -0.39 is 11.5 Å². The normalized spacial score (nSPS) is 17.1. The van der Waals surface area contributed by atoms with Crippen molar-refractivity contribution in [1.82, 2.24) is 0 Å². The monoisotopic (exact) mass is 646 g/mol. The predicted molar refractivity (Wildman–Crippen MR) is 140 cm³/mol. The van der Waals surface area contributed by atoms with Gasteiger partial charge in [-0.25, -0.2) is 0 Å². The van der Waals surface area contributed by atoms with Gasteiger partial charge in [-0.05, 0) is 56.9 Å². The number of primary amides is 1. The molecule has 1 aromatic carbocycles. The number of benzene rings is 1. The molecule has 3 rings (SSSR count). The Bertz CT molecular complexity index is 1090. The van der Waals surface area contributed by atoms with Crippen molar-refractivity contribution >= 4 is 40.6 Å². The highest BCUT2D eigenvalue weighted by atomic mass is 127. The van der Waals surface area contributed by atoms with Gasteiger partial charge in [0.1, 0.15) is 17.9 Å². The molecule has 0 spiro atoms. The number of ether oxygens (including phenoxy) is 1. The Morgan fingerprint density at radius 1 is 1.11 bits per heavy atom. The summed E-state index contributed by atoms with van der Waals surface area (Å²) in [7, 11) is 2.21. The highest BCUT2D eigenvalue weighted by molar-refractivity contribution is 7.12. The van der Waals surface area contributed by atoms with Crippen LogP contribution in [0.5, 0.6) is 0 Å². The van der Waals surface area contributed by atoms with Crippen LogP contribution in [-0.2, 0) is 40.1 Å². The summed E-state index contributed by atoms with van der Waals surface area (Å²) in [5.74, 6) is -0.559. The van der Waals surface area contributed by atoms with E-state index in [-0.39, 0.29) is 42.2 Å². The Hall–Kier alpha value is -1.49. The van der Waals surface area contributed by atoms with Crippen LogP contribution >= 0.6 is 22.9 Å². The standard InChI is InChI=1S/C27H35ClN2O4S.HI/c1-27(2,3)34-24(32)7-5-6-13-30(4)14-12-21-23(17-30)35-22(25(21)26(29)33)16-20(31)15-18-8-10-19(28)11-9-18;/h8-11H,5-7,12-17H2,1-4H3,(H-,29,33);1H. The van der Waals surface area contributed by atoms with Crippen molar-refractivity contribution in [1.29, 1.82) is 0 Å². The molecule has 2 aromatic rings. The Morgan fingerprint density at radius 3 is 2.39 bits per heavy atom. The van der Waals surface area contributed by atoms with Gasteiger partial charge in [0, 0.05) is 35.6 Å². The number of esters is 1. The first-order chi connectivity index (χ1) is 16.3. The minimum Gasteiger partial charge on any atom is -1.00 e. The number of unbranched alkanes of at least 4 members (excludes halogenated alkanes) is 1. The van der Waals surface area contributed by atoms with Gasteiger partial charge in [0.15, 0.2) is 0 Å². The number of nitrogens with zero attached hydrogens (tertiary/aromatic N) is 1. The minimum absolute atomic E-state index is 0. The average Bonchev–Trinajstić information content (AvgIpc) is 3.08. The summed E-state index contributed by atoms with van der Waals surface area (Å²) in [6.07, 6.45) is 3.40. The van der Waals surface area contributed by atoms with Gasteiger partial charge in [-0.1, -0.05) is 23.7 Å². The van der Waals surface area contributed by atoms with E-state index in [0.29, 0.717) is 23.4 Å². The van der Waals surface area contributed by atoms with Crippen LogP contribution < -0.4 is 29.7 Å². The van der Waals surface area contributed by atoms with Crippen LogP contribution in [0.25, 0.3) is 0 Å². The van der Waals surface area contributed by atoms with E-state index in [1.54, 1.807) is 23.5 Å². The number of ketones is 1. The topological polar surface area (TPSA) is 86.5 Å². The number of halogens is 2. The number of nitrogens with two attached hydrogens (primary N) is 1. The number of carbonyl (C=O) groups excluding carboxylic acids is 3. The smallest absolute Gasteiger partial charge is 0.306 e. The molecule has 0 saturated heterocycles. The van der Waals surface area contributed by atoms with Gasteiger partial charge in [0.05, 0.1) is 30.6 Å². The number of Topliss-reactive ketones (excluding diaryl/α,β-unsaturated/α-hetero) is 1. The van der Waals surface area contributed by atoms with Crippen LogP contribution in [0.2, 0.25) is 5.02 Å². The fraction of sp³-hybridized carbons (Fsp3) is 0.519. The van der Waals surface area contributed by atoms with Gasteiger partial charge in [0.2, 0.25) is 5.91 Å². The predicted octanol–water partition coefficient (Wildman–Crippen LogP) is 1.87.